The maximum Gasteiger partial charge on any atom is 0.224 e. The van der Waals surface area contributed by atoms with Gasteiger partial charge in [0.05, 0.1) is 11.2 Å². The van der Waals surface area contributed by atoms with Crippen molar-refractivity contribution in [2.45, 2.75) is 13.8 Å². The zero-order valence-electron chi connectivity index (χ0n) is 6.92. The fourth-order valence-corrected chi connectivity index (χ4v) is 2.18. The summed E-state index contributed by atoms with van der Waals surface area (Å²) in [7, 11) is -3.13. The Morgan fingerprint density at radius 1 is 1.45 bits per heavy atom. The van der Waals surface area contributed by atoms with Gasteiger partial charge < -0.3 is 5.73 Å². The van der Waals surface area contributed by atoms with E-state index in [2.05, 4.69) is 0 Å². The van der Waals surface area contributed by atoms with Crippen molar-refractivity contribution >= 4 is 15.7 Å². The molecule has 0 radical (unpaired) electrons. The minimum Gasteiger partial charge on any atom is -0.369 e. The maximum atomic E-state index is 10.7. The van der Waals surface area contributed by atoms with Gasteiger partial charge in [0.1, 0.15) is 9.84 Å². The number of hydrogen-bond acceptors (Lipinski definition) is 3. The van der Waals surface area contributed by atoms with Crippen LogP contribution in [0.15, 0.2) is 0 Å². The number of sulfone groups is 1. The Kier molecular flexibility index (Phi) is 2.66. The first-order valence-corrected chi connectivity index (χ1v) is 5.19. The second-order valence-electron chi connectivity index (χ2n) is 3.32. The molecule has 0 aromatic heterocycles. The van der Waals surface area contributed by atoms with Crippen LogP contribution in [0.3, 0.4) is 0 Å². The smallest absolute Gasteiger partial charge is 0.224 e. The molecular weight excluding hydrogens is 166 g/mol. The van der Waals surface area contributed by atoms with Gasteiger partial charge in [0, 0.05) is 6.26 Å². The Morgan fingerprint density at radius 2 is 1.82 bits per heavy atom. The molecule has 0 aliphatic carbocycles. The zero-order valence-corrected chi connectivity index (χ0v) is 7.73. The van der Waals surface area contributed by atoms with Crippen LogP contribution < -0.4 is 5.73 Å². The molecule has 0 spiro atoms. The molecule has 0 rings (SSSR count). The monoisotopic (exact) mass is 179 g/mol. The fourth-order valence-electron chi connectivity index (χ4n) is 0.727. The molecule has 0 unspecified atom stereocenters. The van der Waals surface area contributed by atoms with Crippen molar-refractivity contribution in [3.8, 4) is 0 Å². The van der Waals surface area contributed by atoms with Crippen molar-refractivity contribution in [1.29, 1.82) is 0 Å². The van der Waals surface area contributed by atoms with Crippen molar-refractivity contribution in [3.05, 3.63) is 0 Å². The summed E-state index contributed by atoms with van der Waals surface area (Å²) in [6.07, 6.45) is 1.08. The lowest BCUT2D eigenvalue weighted by Crippen LogP contribution is -2.37. The molecule has 4 nitrogen and oxygen atoms in total. The average Bonchev–Trinajstić information content (AvgIpc) is 1.56. The molecule has 1 amide bonds. The third-order valence-electron chi connectivity index (χ3n) is 1.29. The predicted molar refractivity (Wildman–Crippen MR) is 42.7 cm³/mol. The summed E-state index contributed by atoms with van der Waals surface area (Å²) in [5.74, 6) is -0.794. The highest BCUT2D eigenvalue weighted by molar-refractivity contribution is 7.90. The van der Waals surface area contributed by atoms with Crippen molar-refractivity contribution in [3.63, 3.8) is 0 Å². The van der Waals surface area contributed by atoms with Gasteiger partial charge in [-0.3, -0.25) is 4.79 Å². The van der Waals surface area contributed by atoms with Crippen LogP contribution in [0, 0.1) is 5.41 Å². The predicted octanol–water partition coefficient (Wildman–Crippen LogP) is -0.457. The van der Waals surface area contributed by atoms with Crippen LogP contribution in [-0.4, -0.2) is 26.3 Å². The Balaban J connectivity index is 4.51. The molecule has 0 saturated carbocycles. The van der Waals surface area contributed by atoms with Crippen LogP contribution in [-0.2, 0) is 14.6 Å². The van der Waals surface area contributed by atoms with Crippen molar-refractivity contribution in [1.82, 2.24) is 0 Å². The minimum absolute atomic E-state index is 0.199. The summed E-state index contributed by atoms with van der Waals surface area (Å²) in [5, 5.41) is 0. The van der Waals surface area contributed by atoms with Gasteiger partial charge in [-0.25, -0.2) is 8.42 Å². The second kappa shape index (κ2) is 2.81. The Morgan fingerprint density at radius 3 is 1.91 bits per heavy atom. The van der Waals surface area contributed by atoms with Gasteiger partial charge in [-0.2, -0.15) is 0 Å². The van der Waals surface area contributed by atoms with E-state index in [1.54, 1.807) is 0 Å². The summed E-state index contributed by atoms with van der Waals surface area (Å²) >= 11 is 0. The number of rotatable bonds is 3. The molecule has 0 heterocycles. The van der Waals surface area contributed by atoms with E-state index in [9.17, 15) is 13.2 Å². The van der Waals surface area contributed by atoms with E-state index >= 15 is 0 Å². The van der Waals surface area contributed by atoms with Gasteiger partial charge in [0.25, 0.3) is 0 Å². The second-order valence-corrected chi connectivity index (χ2v) is 5.46. The van der Waals surface area contributed by atoms with Gasteiger partial charge in [0.2, 0.25) is 5.91 Å². The van der Waals surface area contributed by atoms with Crippen LogP contribution in [0.1, 0.15) is 13.8 Å². The van der Waals surface area contributed by atoms with Gasteiger partial charge in [-0.1, -0.05) is 13.8 Å². The number of nitrogens with two attached hydrogens (primary N) is 1. The third-order valence-corrected chi connectivity index (χ3v) is 2.54. The lowest BCUT2D eigenvalue weighted by atomic mass is 9.96. The minimum atomic E-state index is -3.13. The van der Waals surface area contributed by atoms with Crippen LogP contribution in [0.2, 0.25) is 0 Å². The van der Waals surface area contributed by atoms with Crippen LogP contribution in [0.25, 0.3) is 0 Å². The number of carbonyl (C=O) groups is 1. The number of amides is 1. The lowest BCUT2D eigenvalue weighted by Gasteiger charge is -2.18. The Hall–Kier alpha value is -0.580. The molecular formula is C6H13NO3S. The fraction of sp³-hybridized carbons (Fsp3) is 0.833. The van der Waals surface area contributed by atoms with Gasteiger partial charge in [-0.05, 0) is 0 Å². The lowest BCUT2D eigenvalue weighted by molar-refractivity contribution is -0.124. The first kappa shape index (κ1) is 10.4. The molecule has 5 heteroatoms. The molecule has 0 aromatic carbocycles. The topological polar surface area (TPSA) is 77.2 Å². The molecule has 2 N–H and O–H groups in total. The average molecular weight is 179 g/mol. The molecule has 66 valence electrons. The van der Waals surface area contributed by atoms with Crippen LogP contribution in [0.5, 0.6) is 0 Å². The Labute approximate surface area is 66.7 Å². The standard InChI is InChI=1S/C6H13NO3S/c1-6(2,5(7)8)4-11(3,9)10/h4H2,1-3H3,(H2,7,8). The van der Waals surface area contributed by atoms with E-state index in [0.29, 0.717) is 0 Å². The van der Waals surface area contributed by atoms with E-state index in [4.69, 9.17) is 5.73 Å². The molecule has 0 aliphatic rings. The van der Waals surface area contributed by atoms with Crippen molar-refractivity contribution < 1.29 is 13.2 Å². The van der Waals surface area contributed by atoms with Crippen LogP contribution in [0.4, 0.5) is 0 Å². The summed E-state index contributed by atoms with van der Waals surface area (Å²) in [6.45, 7) is 3.02. The van der Waals surface area contributed by atoms with Crippen LogP contribution >= 0.6 is 0 Å². The van der Waals surface area contributed by atoms with Gasteiger partial charge in [0.15, 0.2) is 0 Å². The molecule has 0 saturated heterocycles. The highest BCUT2D eigenvalue weighted by atomic mass is 32.2. The van der Waals surface area contributed by atoms with E-state index in [-0.39, 0.29) is 5.75 Å². The largest absolute Gasteiger partial charge is 0.369 e. The normalized spacial score (nSPS) is 13.0. The molecule has 0 aromatic rings. The summed E-state index contributed by atoms with van der Waals surface area (Å²) in [5.41, 5.74) is 4.01. The molecule has 0 aliphatic heterocycles. The van der Waals surface area contributed by atoms with Crippen molar-refractivity contribution in [2.75, 3.05) is 12.0 Å². The zero-order chi connectivity index (χ0) is 9.28. The highest BCUT2D eigenvalue weighted by Crippen LogP contribution is 2.15. The first-order chi connectivity index (χ1) is 4.65. The highest BCUT2D eigenvalue weighted by Gasteiger charge is 2.29. The number of primary amides is 1. The Bertz CT molecular complexity index is 253. The third kappa shape index (κ3) is 3.98. The summed E-state index contributed by atoms with van der Waals surface area (Å²) in [6, 6.07) is 0. The van der Waals surface area contributed by atoms with Gasteiger partial charge >= 0.3 is 0 Å². The SMILES string of the molecule is CC(C)(CS(C)(=O)=O)C(N)=O. The molecule has 11 heavy (non-hydrogen) atoms. The number of hydrogen-bond donors (Lipinski definition) is 1. The van der Waals surface area contributed by atoms with Gasteiger partial charge in [-0.15, -0.1) is 0 Å². The summed E-state index contributed by atoms with van der Waals surface area (Å²) < 4.78 is 21.5. The van der Waals surface area contributed by atoms with E-state index in [1.165, 1.54) is 13.8 Å². The van der Waals surface area contributed by atoms with E-state index in [0.717, 1.165) is 6.26 Å². The molecule has 0 bridgehead atoms. The quantitative estimate of drug-likeness (QED) is 0.637. The summed E-state index contributed by atoms with van der Waals surface area (Å²) in [4.78, 5) is 10.7. The van der Waals surface area contributed by atoms with Crippen molar-refractivity contribution in [2.24, 2.45) is 11.1 Å². The maximum absolute atomic E-state index is 10.7. The number of carbonyl (C=O) groups excluding carboxylic acids is 1. The first-order valence-electron chi connectivity index (χ1n) is 3.13. The molecule has 0 atom stereocenters. The molecule has 0 fully saturated rings. The van der Waals surface area contributed by atoms with E-state index < -0.39 is 21.2 Å². The van der Waals surface area contributed by atoms with E-state index in [1.807, 2.05) is 0 Å².